The number of pyridine rings is 1. The van der Waals surface area contributed by atoms with Crippen LogP contribution in [0.25, 0.3) is 0 Å². The van der Waals surface area contributed by atoms with Crippen LogP contribution in [0.3, 0.4) is 0 Å². The van der Waals surface area contributed by atoms with Crippen LogP contribution < -0.4 is 10.2 Å². The summed E-state index contributed by atoms with van der Waals surface area (Å²) in [4.78, 5) is 28.6. The first-order chi connectivity index (χ1) is 11.2. The highest BCUT2D eigenvalue weighted by Gasteiger charge is 2.37. The molecule has 1 N–H and O–H groups in total. The van der Waals surface area contributed by atoms with E-state index in [9.17, 15) is 14.1 Å². The number of piperidine rings is 1. The van der Waals surface area contributed by atoms with Crippen molar-refractivity contribution in [1.29, 1.82) is 0 Å². The zero-order valence-electron chi connectivity index (χ0n) is 14.3. The Morgan fingerprint density at radius 2 is 2.17 bits per heavy atom. The molecule has 3 atom stereocenters. The van der Waals surface area contributed by atoms with Gasteiger partial charge in [-0.1, -0.05) is 6.92 Å². The van der Waals surface area contributed by atoms with Crippen LogP contribution in [0.15, 0.2) is 23.6 Å². The summed E-state index contributed by atoms with van der Waals surface area (Å²) in [6, 6.07) is 0.920. The zero-order valence-corrected chi connectivity index (χ0v) is 14.3. The minimum atomic E-state index is -1.21. The monoisotopic (exact) mass is 338 g/mol. The summed E-state index contributed by atoms with van der Waals surface area (Å²) in [6.07, 6.45) is 1.05. The molecule has 1 aromatic heterocycles. The van der Waals surface area contributed by atoms with E-state index in [1.54, 1.807) is 40.0 Å². The van der Waals surface area contributed by atoms with Gasteiger partial charge in [0.15, 0.2) is 0 Å². The van der Waals surface area contributed by atoms with Crippen LogP contribution in [0, 0.1) is 10.8 Å². The third-order valence-electron chi connectivity index (χ3n) is 3.77. The van der Waals surface area contributed by atoms with Crippen LogP contribution in [0.2, 0.25) is 0 Å². The molecule has 1 aromatic rings. The Morgan fingerprint density at radius 3 is 2.79 bits per heavy atom. The van der Waals surface area contributed by atoms with E-state index >= 15 is 0 Å². The second-order valence-corrected chi connectivity index (χ2v) is 7.04. The number of nitroso groups, excluding NO2 is 1. The van der Waals surface area contributed by atoms with Crippen molar-refractivity contribution in [2.24, 2.45) is 11.1 Å². The highest BCUT2D eigenvalue weighted by molar-refractivity contribution is 5.69. The van der Waals surface area contributed by atoms with Crippen LogP contribution in [0.4, 0.5) is 20.6 Å². The molecule has 132 valence electrons. The SMILES string of the molecule is C[C@H]1CN(c2ccncc2N=O)C[C@@H](NC(=O)OC(C)(C)C)[C@@H]1F. The Balaban J connectivity index is 2.14. The number of carbonyl (C=O) groups is 1. The molecule has 2 heterocycles. The molecule has 8 heteroatoms. The Labute approximate surface area is 140 Å². The van der Waals surface area contributed by atoms with Crippen molar-refractivity contribution in [2.75, 3.05) is 18.0 Å². The van der Waals surface area contributed by atoms with Gasteiger partial charge in [-0.05, 0) is 32.0 Å². The first-order valence-electron chi connectivity index (χ1n) is 7.87. The number of carbonyl (C=O) groups excluding carboxylic acids is 1. The zero-order chi connectivity index (χ0) is 17.9. The molecule has 1 fully saturated rings. The van der Waals surface area contributed by atoms with Crippen LogP contribution in [-0.4, -0.2) is 42.0 Å². The molecule has 0 saturated carbocycles. The molecular weight excluding hydrogens is 315 g/mol. The van der Waals surface area contributed by atoms with E-state index in [0.717, 1.165) is 0 Å². The number of anilines is 1. The van der Waals surface area contributed by atoms with E-state index in [4.69, 9.17) is 4.74 Å². The van der Waals surface area contributed by atoms with Gasteiger partial charge in [0.2, 0.25) is 0 Å². The van der Waals surface area contributed by atoms with Gasteiger partial charge < -0.3 is 15.0 Å². The minimum Gasteiger partial charge on any atom is -0.444 e. The normalized spacial score (nSPS) is 24.4. The van der Waals surface area contributed by atoms with E-state index in [1.807, 2.05) is 4.90 Å². The quantitative estimate of drug-likeness (QED) is 0.856. The van der Waals surface area contributed by atoms with E-state index in [1.165, 1.54) is 6.20 Å². The molecule has 0 aliphatic carbocycles. The van der Waals surface area contributed by atoms with Crippen LogP contribution in [0.1, 0.15) is 27.7 Å². The Kier molecular flexibility index (Phi) is 5.36. The van der Waals surface area contributed by atoms with Crippen molar-refractivity contribution in [2.45, 2.75) is 45.5 Å². The summed E-state index contributed by atoms with van der Waals surface area (Å²) in [5, 5.41) is 5.55. The summed E-state index contributed by atoms with van der Waals surface area (Å²) in [7, 11) is 0. The molecular formula is C16H23FN4O3. The fourth-order valence-corrected chi connectivity index (χ4v) is 2.75. The van der Waals surface area contributed by atoms with Gasteiger partial charge in [-0.25, -0.2) is 9.18 Å². The number of alkyl carbamates (subject to hydrolysis) is 1. The van der Waals surface area contributed by atoms with Gasteiger partial charge in [-0.2, -0.15) is 0 Å². The fourth-order valence-electron chi connectivity index (χ4n) is 2.75. The molecule has 24 heavy (non-hydrogen) atoms. The van der Waals surface area contributed by atoms with Gasteiger partial charge in [0.05, 0.1) is 17.9 Å². The molecule has 0 unspecified atom stereocenters. The average molecular weight is 338 g/mol. The summed E-state index contributed by atoms with van der Waals surface area (Å²) in [6.45, 7) is 7.63. The van der Waals surface area contributed by atoms with Gasteiger partial charge in [-0.3, -0.25) is 4.98 Å². The maximum atomic E-state index is 14.5. The maximum absolute atomic E-state index is 14.5. The van der Waals surface area contributed by atoms with Crippen LogP contribution in [0.5, 0.6) is 0 Å². The number of aromatic nitrogens is 1. The second-order valence-electron chi connectivity index (χ2n) is 7.04. The van der Waals surface area contributed by atoms with E-state index in [-0.39, 0.29) is 18.2 Å². The summed E-state index contributed by atoms with van der Waals surface area (Å²) >= 11 is 0. The largest absolute Gasteiger partial charge is 0.444 e. The molecule has 1 saturated heterocycles. The van der Waals surface area contributed by atoms with Gasteiger partial charge >= 0.3 is 6.09 Å². The topological polar surface area (TPSA) is 83.9 Å². The summed E-state index contributed by atoms with van der Waals surface area (Å²) < 4.78 is 19.7. The first kappa shape index (κ1) is 18.1. The fraction of sp³-hybridized carbons (Fsp3) is 0.625. The number of nitrogens with zero attached hydrogens (tertiary/aromatic N) is 3. The lowest BCUT2D eigenvalue weighted by Gasteiger charge is -2.40. The van der Waals surface area contributed by atoms with E-state index < -0.39 is 23.9 Å². The predicted octanol–water partition coefficient (Wildman–Crippen LogP) is 3.17. The Hall–Kier alpha value is -2.25. The number of alkyl halides is 1. The molecule has 0 spiro atoms. The smallest absolute Gasteiger partial charge is 0.408 e. The number of hydrogen-bond donors (Lipinski definition) is 1. The number of ether oxygens (including phenoxy) is 1. The van der Waals surface area contributed by atoms with Gasteiger partial charge in [0.25, 0.3) is 0 Å². The third-order valence-corrected chi connectivity index (χ3v) is 3.77. The third kappa shape index (κ3) is 4.39. The molecule has 2 rings (SSSR count). The van der Waals surface area contributed by atoms with Crippen molar-refractivity contribution in [3.63, 3.8) is 0 Å². The number of amides is 1. The highest BCUT2D eigenvalue weighted by Crippen LogP contribution is 2.32. The van der Waals surface area contributed by atoms with Crippen molar-refractivity contribution >= 4 is 17.5 Å². The lowest BCUT2D eigenvalue weighted by atomic mass is 9.93. The highest BCUT2D eigenvalue weighted by atomic mass is 19.1. The summed E-state index contributed by atoms with van der Waals surface area (Å²) in [5.41, 5.74) is 0.114. The molecule has 1 aliphatic heterocycles. The number of rotatable bonds is 3. The molecule has 0 radical (unpaired) electrons. The van der Waals surface area contributed by atoms with Crippen LogP contribution in [-0.2, 0) is 4.74 Å². The predicted molar refractivity (Wildman–Crippen MR) is 89.1 cm³/mol. The minimum absolute atomic E-state index is 0.193. The Bertz CT molecular complexity index is 605. The van der Waals surface area contributed by atoms with Gasteiger partial charge in [-0.15, -0.1) is 4.91 Å². The number of hydrogen-bond acceptors (Lipinski definition) is 6. The van der Waals surface area contributed by atoms with Crippen molar-refractivity contribution in [1.82, 2.24) is 10.3 Å². The van der Waals surface area contributed by atoms with E-state index in [2.05, 4.69) is 15.5 Å². The average Bonchev–Trinajstić information content (AvgIpc) is 2.49. The standard InChI is InChI=1S/C16H23FN4O3/c1-10-8-21(13-5-6-18-7-11(13)20-23)9-12(14(10)17)19-15(22)24-16(2,3)4/h5-7,10,12,14H,8-9H2,1-4H3,(H,19,22)/t10-,12+,14+/m0/s1. The number of halogens is 1. The van der Waals surface area contributed by atoms with Crippen molar-refractivity contribution in [3.05, 3.63) is 23.4 Å². The molecule has 1 aliphatic rings. The van der Waals surface area contributed by atoms with Gasteiger partial charge in [0, 0.05) is 25.2 Å². The van der Waals surface area contributed by atoms with Crippen molar-refractivity contribution in [3.8, 4) is 0 Å². The number of nitrogens with one attached hydrogen (secondary N) is 1. The van der Waals surface area contributed by atoms with Gasteiger partial charge in [0.1, 0.15) is 17.5 Å². The lowest BCUT2D eigenvalue weighted by Crippen LogP contribution is -2.57. The summed E-state index contributed by atoms with van der Waals surface area (Å²) in [5.74, 6) is -0.327. The molecule has 0 bridgehead atoms. The maximum Gasteiger partial charge on any atom is 0.408 e. The first-order valence-corrected chi connectivity index (χ1v) is 7.87. The second kappa shape index (κ2) is 7.11. The Morgan fingerprint density at radius 1 is 1.46 bits per heavy atom. The molecule has 0 aromatic carbocycles. The van der Waals surface area contributed by atoms with Crippen LogP contribution >= 0.6 is 0 Å². The molecule has 1 amide bonds. The van der Waals surface area contributed by atoms with Crippen molar-refractivity contribution < 1.29 is 13.9 Å². The molecule has 7 nitrogen and oxygen atoms in total. The lowest BCUT2D eigenvalue weighted by molar-refractivity contribution is 0.0443. The van der Waals surface area contributed by atoms with E-state index in [0.29, 0.717) is 12.2 Å².